The molecule has 4 heterocycles. The Morgan fingerprint density at radius 3 is 2.62 bits per heavy atom. The standard InChI is InChI=1S/C24H23N5O3/c1-24(2,3)29-22-16(12-25-29)19(14-9-10-17-18(11-14)32-13-31-17)20-21(26-22)27-23(30)28(20)15-7-5-4-6-8-15/h4-12,19-20H,13H2,1-3H3,(H,26,27,30)/t19-,20-/m0/s1. The van der Waals surface area contributed by atoms with E-state index in [-0.39, 0.29) is 30.3 Å². The summed E-state index contributed by atoms with van der Waals surface area (Å²) >= 11 is 0. The molecule has 32 heavy (non-hydrogen) atoms. The van der Waals surface area contributed by atoms with Crippen LogP contribution in [0.15, 0.2) is 59.7 Å². The summed E-state index contributed by atoms with van der Waals surface area (Å²) in [6, 6.07) is 15.1. The molecule has 0 bridgehead atoms. The smallest absolute Gasteiger partial charge is 0.328 e. The molecule has 0 unspecified atom stereocenters. The zero-order chi connectivity index (χ0) is 22.0. The van der Waals surface area contributed by atoms with Crippen molar-refractivity contribution in [2.45, 2.75) is 38.3 Å². The van der Waals surface area contributed by atoms with Gasteiger partial charge in [0.05, 0.1) is 11.7 Å². The Morgan fingerprint density at radius 2 is 1.84 bits per heavy atom. The summed E-state index contributed by atoms with van der Waals surface area (Å²) in [4.78, 5) is 19.8. The van der Waals surface area contributed by atoms with Gasteiger partial charge in [-0.3, -0.25) is 10.2 Å². The summed E-state index contributed by atoms with van der Waals surface area (Å²) in [6.45, 7) is 6.48. The lowest BCUT2D eigenvalue weighted by Gasteiger charge is -2.33. The van der Waals surface area contributed by atoms with Gasteiger partial charge in [-0.25, -0.2) is 14.5 Å². The highest BCUT2D eigenvalue weighted by Gasteiger charge is 2.48. The van der Waals surface area contributed by atoms with Crippen molar-refractivity contribution >= 4 is 23.4 Å². The number of anilines is 1. The number of nitrogens with zero attached hydrogens (tertiary/aromatic N) is 4. The van der Waals surface area contributed by atoms with Gasteiger partial charge >= 0.3 is 6.03 Å². The third-order valence-electron chi connectivity index (χ3n) is 6.09. The average molecular weight is 429 g/mol. The predicted octanol–water partition coefficient (Wildman–Crippen LogP) is 4.14. The van der Waals surface area contributed by atoms with E-state index >= 15 is 0 Å². The molecule has 0 spiro atoms. The topological polar surface area (TPSA) is 81.0 Å². The fourth-order valence-corrected chi connectivity index (χ4v) is 4.69. The fourth-order valence-electron chi connectivity index (χ4n) is 4.69. The largest absolute Gasteiger partial charge is 0.454 e. The lowest BCUT2D eigenvalue weighted by Crippen LogP contribution is -2.42. The van der Waals surface area contributed by atoms with Crippen molar-refractivity contribution in [2.24, 2.45) is 4.99 Å². The average Bonchev–Trinajstić information content (AvgIpc) is 3.47. The molecule has 8 nitrogen and oxygen atoms in total. The second-order valence-corrected chi connectivity index (χ2v) is 9.17. The molecule has 6 rings (SSSR count). The molecule has 8 heteroatoms. The zero-order valence-corrected chi connectivity index (χ0v) is 18.1. The number of hydrogen-bond acceptors (Lipinski definition) is 5. The molecule has 0 aliphatic carbocycles. The van der Waals surface area contributed by atoms with Gasteiger partial charge in [0, 0.05) is 17.2 Å². The van der Waals surface area contributed by atoms with Crippen molar-refractivity contribution in [1.82, 2.24) is 15.1 Å². The molecule has 2 amide bonds. The van der Waals surface area contributed by atoms with E-state index in [1.165, 1.54) is 0 Å². The highest BCUT2D eigenvalue weighted by atomic mass is 16.7. The van der Waals surface area contributed by atoms with Crippen LogP contribution in [0, 0.1) is 0 Å². The third kappa shape index (κ3) is 2.72. The Morgan fingerprint density at radius 1 is 1.06 bits per heavy atom. The molecule has 3 aliphatic rings. The molecular weight excluding hydrogens is 406 g/mol. The number of rotatable bonds is 2. The van der Waals surface area contributed by atoms with Gasteiger partial charge in [-0.2, -0.15) is 5.10 Å². The van der Waals surface area contributed by atoms with Crippen molar-refractivity contribution < 1.29 is 14.3 Å². The van der Waals surface area contributed by atoms with Crippen LogP contribution in [0.1, 0.15) is 37.8 Å². The van der Waals surface area contributed by atoms with Crippen LogP contribution in [0.2, 0.25) is 0 Å². The quantitative estimate of drug-likeness (QED) is 0.664. The highest BCUT2D eigenvalue weighted by Crippen LogP contribution is 2.46. The highest BCUT2D eigenvalue weighted by molar-refractivity contribution is 6.18. The molecule has 2 aromatic carbocycles. The van der Waals surface area contributed by atoms with Gasteiger partial charge in [-0.15, -0.1) is 0 Å². The lowest BCUT2D eigenvalue weighted by molar-refractivity contribution is 0.174. The number of benzene rings is 2. The van der Waals surface area contributed by atoms with Crippen LogP contribution in [0.4, 0.5) is 16.3 Å². The van der Waals surface area contributed by atoms with Crippen LogP contribution in [0.3, 0.4) is 0 Å². The number of hydrogen-bond donors (Lipinski definition) is 1. The molecule has 3 aliphatic heterocycles. The first kappa shape index (κ1) is 18.9. The van der Waals surface area contributed by atoms with Gasteiger partial charge in [-0.1, -0.05) is 24.3 Å². The van der Waals surface area contributed by atoms with E-state index < -0.39 is 0 Å². The van der Waals surface area contributed by atoms with Gasteiger partial charge in [0.25, 0.3) is 0 Å². The Balaban J connectivity index is 1.56. The Kier molecular flexibility index (Phi) is 3.90. The summed E-state index contributed by atoms with van der Waals surface area (Å²) in [6.07, 6.45) is 1.88. The van der Waals surface area contributed by atoms with Gasteiger partial charge in [0.2, 0.25) is 6.79 Å². The maximum Gasteiger partial charge on any atom is 0.328 e. The minimum atomic E-state index is -0.324. The van der Waals surface area contributed by atoms with Gasteiger partial charge in [-0.05, 0) is 50.6 Å². The summed E-state index contributed by atoms with van der Waals surface area (Å²) in [5, 5.41) is 7.69. The third-order valence-corrected chi connectivity index (χ3v) is 6.09. The molecule has 3 aromatic rings. The van der Waals surface area contributed by atoms with Crippen molar-refractivity contribution in [1.29, 1.82) is 0 Å². The normalized spacial score (nSPS) is 21.2. The first-order valence-corrected chi connectivity index (χ1v) is 10.6. The first-order chi connectivity index (χ1) is 15.4. The van der Waals surface area contributed by atoms with Crippen LogP contribution in [0.25, 0.3) is 0 Å². The van der Waals surface area contributed by atoms with E-state index in [0.29, 0.717) is 11.6 Å². The number of ether oxygens (including phenoxy) is 2. The summed E-state index contributed by atoms with van der Waals surface area (Å²) < 4.78 is 13.1. The minimum Gasteiger partial charge on any atom is -0.454 e. The molecule has 0 radical (unpaired) electrons. The number of carbonyl (C=O) groups excluding carboxylic acids is 1. The van der Waals surface area contributed by atoms with Crippen LogP contribution in [-0.2, 0) is 5.54 Å². The van der Waals surface area contributed by atoms with Crippen molar-refractivity contribution in [2.75, 3.05) is 11.7 Å². The monoisotopic (exact) mass is 429 g/mol. The second kappa shape index (κ2) is 6.59. The van der Waals surface area contributed by atoms with Gasteiger partial charge in [0.1, 0.15) is 11.9 Å². The second-order valence-electron chi connectivity index (χ2n) is 9.17. The van der Waals surface area contributed by atoms with E-state index in [1.54, 1.807) is 4.90 Å². The maximum atomic E-state index is 13.1. The van der Waals surface area contributed by atoms with Crippen LogP contribution < -0.4 is 19.7 Å². The Labute approximate surface area is 185 Å². The van der Waals surface area contributed by atoms with Gasteiger partial charge in [0.15, 0.2) is 17.3 Å². The number of amides is 2. The van der Waals surface area contributed by atoms with Crippen molar-refractivity contribution in [3.63, 3.8) is 0 Å². The number of amidine groups is 1. The molecule has 1 saturated heterocycles. The number of urea groups is 1. The molecule has 162 valence electrons. The van der Waals surface area contributed by atoms with Crippen LogP contribution in [0.5, 0.6) is 11.5 Å². The molecular formula is C24H23N5O3. The molecule has 2 atom stereocenters. The molecule has 1 fully saturated rings. The Hall–Kier alpha value is -3.81. The van der Waals surface area contributed by atoms with E-state index in [0.717, 1.165) is 28.4 Å². The lowest BCUT2D eigenvalue weighted by atomic mass is 9.83. The molecule has 1 aromatic heterocycles. The SMILES string of the molecule is CC(C)(C)n1ncc2c1N=C1NC(=O)N(c3ccccc3)[C@H]1[C@H]2c1ccc2c(c1)OCO2. The summed E-state index contributed by atoms with van der Waals surface area (Å²) in [5.41, 5.74) is 2.55. The number of aromatic nitrogens is 2. The minimum absolute atomic E-state index is 0.178. The van der Waals surface area contributed by atoms with E-state index in [9.17, 15) is 4.79 Å². The van der Waals surface area contributed by atoms with Crippen LogP contribution in [-0.4, -0.2) is 34.5 Å². The Bertz CT molecular complexity index is 1260. The predicted molar refractivity (Wildman–Crippen MR) is 120 cm³/mol. The zero-order valence-electron chi connectivity index (χ0n) is 18.1. The van der Waals surface area contributed by atoms with Crippen LogP contribution >= 0.6 is 0 Å². The van der Waals surface area contributed by atoms with E-state index in [4.69, 9.17) is 14.5 Å². The number of aliphatic imine (C=N–C) groups is 1. The molecule has 1 N–H and O–H groups in total. The number of para-hydroxylation sites is 1. The number of carbonyl (C=O) groups is 1. The fraction of sp³-hybridized carbons (Fsp3) is 0.292. The first-order valence-electron chi connectivity index (χ1n) is 10.6. The van der Waals surface area contributed by atoms with Crippen molar-refractivity contribution in [3.8, 4) is 11.5 Å². The molecule has 0 saturated carbocycles. The van der Waals surface area contributed by atoms with E-state index in [2.05, 4.69) is 31.2 Å². The van der Waals surface area contributed by atoms with Crippen molar-refractivity contribution in [3.05, 3.63) is 65.9 Å². The number of fused-ring (bicyclic) bond motifs is 3. The number of nitrogens with one attached hydrogen (secondary N) is 1. The summed E-state index contributed by atoms with van der Waals surface area (Å²) in [7, 11) is 0. The maximum absolute atomic E-state index is 13.1. The van der Waals surface area contributed by atoms with E-state index in [1.807, 2.05) is 59.4 Å². The summed E-state index contributed by atoms with van der Waals surface area (Å²) in [5.74, 6) is 2.65. The van der Waals surface area contributed by atoms with Gasteiger partial charge < -0.3 is 9.47 Å².